The summed E-state index contributed by atoms with van der Waals surface area (Å²) in [6, 6.07) is 18.2. The summed E-state index contributed by atoms with van der Waals surface area (Å²) in [6.45, 7) is 1.87. The van der Waals surface area contributed by atoms with Gasteiger partial charge in [0.25, 0.3) is 11.8 Å². The van der Waals surface area contributed by atoms with E-state index < -0.39 is 17.8 Å². The third-order valence-corrected chi connectivity index (χ3v) is 8.66. The largest absolute Gasteiger partial charge is 0.433 e. The highest BCUT2D eigenvalue weighted by molar-refractivity contribution is 6.30. The topological polar surface area (TPSA) is 76.3 Å². The second-order valence-electron chi connectivity index (χ2n) is 11.1. The molecule has 0 bridgehead atoms. The first-order valence-corrected chi connectivity index (χ1v) is 14.6. The van der Waals surface area contributed by atoms with Gasteiger partial charge in [-0.3, -0.25) is 14.3 Å². The van der Waals surface area contributed by atoms with Crippen molar-refractivity contribution in [2.24, 2.45) is 7.05 Å². The van der Waals surface area contributed by atoms with Gasteiger partial charge in [0.1, 0.15) is 5.69 Å². The molecule has 12 heteroatoms. The molecule has 0 spiro atoms. The number of carbonyl (C=O) groups excluding carboxylic acids is 2. The van der Waals surface area contributed by atoms with Crippen LogP contribution in [0.4, 0.5) is 13.2 Å². The molecule has 4 aromatic rings. The number of aromatic nitrogens is 4. The number of hydrogen-bond acceptors (Lipinski definition) is 4. The lowest BCUT2D eigenvalue weighted by molar-refractivity contribution is -0.143. The summed E-state index contributed by atoms with van der Waals surface area (Å²) in [4.78, 5) is 30.4. The Morgan fingerprint density at radius 3 is 2.19 bits per heavy atom. The van der Waals surface area contributed by atoms with Gasteiger partial charge >= 0.3 is 6.18 Å². The average Bonchev–Trinajstić information content (AvgIpc) is 3.76. The molecule has 0 unspecified atom stereocenters. The van der Waals surface area contributed by atoms with Crippen LogP contribution in [0.1, 0.15) is 68.9 Å². The maximum absolute atomic E-state index is 13.9. The SMILES string of the molecule is Cn1nc(C(=O)N2CCC(c3c(C(=O)N4CC[C@H](c5ccccc5)C4)cnn3-c3ccc(Cl)cc3)CC2)cc1C(F)(F)F. The molecule has 2 fully saturated rings. The summed E-state index contributed by atoms with van der Waals surface area (Å²) in [5.74, 6) is -0.474. The van der Waals surface area contributed by atoms with Gasteiger partial charge in [-0.25, -0.2) is 4.68 Å². The summed E-state index contributed by atoms with van der Waals surface area (Å²) < 4.78 is 42.3. The number of aryl methyl sites for hydroxylation is 1. The van der Waals surface area contributed by atoms with E-state index >= 15 is 0 Å². The molecule has 0 N–H and O–H groups in total. The van der Waals surface area contributed by atoms with Gasteiger partial charge in [0.05, 0.1) is 23.1 Å². The molecule has 2 saturated heterocycles. The number of amides is 2. The average molecular weight is 611 g/mol. The summed E-state index contributed by atoms with van der Waals surface area (Å²) in [5.41, 5.74) is 2.04. The van der Waals surface area contributed by atoms with Crippen molar-refractivity contribution in [3.8, 4) is 5.69 Å². The first kappa shape index (κ1) is 29.0. The van der Waals surface area contributed by atoms with Gasteiger partial charge in [-0.1, -0.05) is 41.9 Å². The number of carbonyl (C=O) groups is 2. The van der Waals surface area contributed by atoms with Crippen LogP contribution >= 0.6 is 11.6 Å². The Morgan fingerprint density at radius 1 is 0.884 bits per heavy atom. The minimum atomic E-state index is -4.60. The summed E-state index contributed by atoms with van der Waals surface area (Å²) in [6.07, 6.45) is -1.09. The Labute approximate surface area is 251 Å². The summed E-state index contributed by atoms with van der Waals surface area (Å²) in [5, 5.41) is 9.02. The third kappa shape index (κ3) is 5.78. The van der Waals surface area contributed by atoms with Crippen LogP contribution in [0.3, 0.4) is 0 Å². The minimum absolute atomic E-state index is 0.0830. The summed E-state index contributed by atoms with van der Waals surface area (Å²) >= 11 is 6.13. The fourth-order valence-electron chi connectivity index (χ4n) is 6.17. The molecule has 2 aliphatic rings. The van der Waals surface area contributed by atoms with E-state index in [1.54, 1.807) is 23.0 Å². The molecule has 6 rings (SSSR count). The quantitative estimate of drug-likeness (QED) is 0.281. The number of hydrogen-bond donors (Lipinski definition) is 0. The lowest BCUT2D eigenvalue weighted by atomic mass is 9.90. The number of nitrogens with zero attached hydrogens (tertiary/aromatic N) is 6. The lowest BCUT2D eigenvalue weighted by Gasteiger charge is -2.32. The van der Waals surface area contributed by atoms with Crippen molar-refractivity contribution in [3.05, 3.63) is 100 Å². The minimum Gasteiger partial charge on any atom is -0.338 e. The number of halogens is 4. The fraction of sp³-hybridized carbons (Fsp3) is 0.355. The molecule has 43 heavy (non-hydrogen) atoms. The van der Waals surface area contributed by atoms with Gasteiger partial charge < -0.3 is 9.80 Å². The van der Waals surface area contributed by atoms with Gasteiger partial charge in [0.2, 0.25) is 0 Å². The van der Waals surface area contributed by atoms with Gasteiger partial charge in [0, 0.05) is 56.2 Å². The highest BCUT2D eigenvalue weighted by atomic mass is 35.5. The van der Waals surface area contributed by atoms with Crippen LogP contribution in [0.5, 0.6) is 0 Å². The normalized spacial score (nSPS) is 17.9. The zero-order chi connectivity index (χ0) is 30.3. The molecule has 0 aliphatic carbocycles. The molecule has 1 atom stereocenters. The Bertz CT molecular complexity index is 1630. The van der Waals surface area contributed by atoms with E-state index in [9.17, 15) is 22.8 Å². The second kappa shape index (κ2) is 11.5. The van der Waals surface area contributed by atoms with Gasteiger partial charge in [-0.05, 0) is 49.1 Å². The lowest BCUT2D eigenvalue weighted by Crippen LogP contribution is -2.39. The maximum atomic E-state index is 13.9. The van der Waals surface area contributed by atoms with Crippen LogP contribution in [-0.4, -0.2) is 67.4 Å². The predicted molar refractivity (Wildman–Crippen MR) is 154 cm³/mol. The zero-order valence-electron chi connectivity index (χ0n) is 23.5. The molecule has 2 aliphatic heterocycles. The van der Waals surface area contributed by atoms with Crippen LogP contribution in [0.2, 0.25) is 5.02 Å². The van der Waals surface area contributed by atoms with Crippen LogP contribution in [-0.2, 0) is 13.2 Å². The van der Waals surface area contributed by atoms with Crippen molar-refractivity contribution < 1.29 is 22.8 Å². The van der Waals surface area contributed by atoms with E-state index in [4.69, 9.17) is 11.6 Å². The smallest absolute Gasteiger partial charge is 0.338 e. The van der Waals surface area contributed by atoms with Crippen molar-refractivity contribution in [1.82, 2.24) is 29.4 Å². The molecule has 2 aromatic carbocycles. The standard InChI is InChI=1S/C31H30ClF3N6O2/c1-38-27(31(33,34)35)17-26(37-38)30(43)39-14-11-21(12-15-39)28-25(18-36-41(28)24-9-7-23(32)8-10-24)29(42)40-16-13-22(19-40)20-5-3-2-4-6-20/h2-10,17-18,21-22H,11-16,19H2,1H3/t22-/m0/s1. The van der Waals surface area contributed by atoms with E-state index in [-0.39, 0.29) is 23.4 Å². The Kier molecular flexibility index (Phi) is 7.76. The Hall–Kier alpha value is -4.12. The van der Waals surface area contributed by atoms with E-state index in [2.05, 4.69) is 22.3 Å². The fourth-order valence-corrected chi connectivity index (χ4v) is 6.30. The zero-order valence-corrected chi connectivity index (χ0v) is 24.2. The Morgan fingerprint density at radius 2 is 1.53 bits per heavy atom. The molecule has 0 saturated carbocycles. The van der Waals surface area contributed by atoms with Crippen molar-refractivity contribution in [1.29, 1.82) is 0 Å². The number of benzene rings is 2. The summed E-state index contributed by atoms with van der Waals surface area (Å²) in [7, 11) is 1.17. The predicted octanol–water partition coefficient (Wildman–Crippen LogP) is 5.93. The van der Waals surface area contributed by atoms with Crippen LogP contribution in [0, 0.1) is 0 Å². The second-order valence-corrected chi connectivity index (χ2v) is 11.5. The highest BCUT2D eigenvalue weighted by Crippen LogP contribution is 2.36. The molecular formula is C31H30ClF3N6O2. The molecular weight excluding hydrogens is 581 g/mol. The molecule has 8 nitrogen and oxygen atoms in total. The maximum Gasteiger partial charge on any atom is 0.433 e. The van der Waals surface area contributed by atoms with E-state index in [1.807, 2.05) is 35.2 Å². The first-order valence-electron chi connectivity index (χ1n) is 14.2. The molecule has 2 amide bonds. The van der Waals surface area contributed by atoms with Crippen molar-refractivity contribution >= 4 is 23.4 Å². The van der Waals surface area contributed by atoms with Crippen LogP contribution in [0.25, 0.3) is 5.69 Å². The van der Waals surface area contributed by atoms with E-state index in [1.165, 1.54) is 17.5 Å². The molecule has 224 valence electrons. The van der Waals surface area contributed by atoms with Crippen LogP contribution < -0.4 is 0 Å². The molecule has 0 radical (unpaired) electrons. The monoisotopic (exact) mass is 610 g/mol. The van der Waals surface area contributed by atoms with Crippen molar-refractivity contribution in [2.75, 3.05) is 26.2 Å². The highest BCUT2D eigenvalue weighted by Gasteiger charge is 2.38. The molecule has 4 heterocycles. The first-order chi connectivity index (χ1) is 20.6. The number of alkyl halides is 3. The van der Waals surface area contributed by atoms with E-state index in [0.29, 0.717) is 54.3 Å². The van der Waals surface area contributed by atoms with Crippen LogP contribution in [0.15, 0.2) is 66.9 Å². The van der Waals surface area contributed by atoms with Gasteiger partial charge in [-0.15, -0.1) is 0 Å². The molecule has 2 aromatic heterocycles. The van der Waals surface area contributed by atoms with Gasteiger partial charge in [-0.2, -0.15) is 23.4 Å². The van der Waals surface area contributed by atoms with Crippen molar-refractivity contribution in [2.45, 2.75) is 37.3 Å². The number of likely N-dealkylation sites (tertiary alicyclic amines) is 2. The number of rotatable bonds is 5. The van der Waals surface area contributed by atoms with Crippen molar-refractivity contribution in [3.63, 3.8) is 0 Å². The number of piperidine rings is 1. The Balaban J connectivity index is 1.24. The van der Waals surface area contributed by atoms with Gasteiger partial charge in [0.15, 0.2) is 5.69 Å². The van der Waals surface area contributed by atoms with E-state index in [0.717, 1.165) is 23.9 Å². The third-order valence-electron chi connectivity index (χ3n) is 8.41.